The summed E-state index contributed by atoms with van der Waals surface area (Å²) in [5.74, 6) is -8.05. The number of hydrogen-bond donors (Lipinski definition) is 12. The number of carbonyl (C=O) groups is 10. The average Bonchev–Trinajstić information content (AvgIpc) is 4.13. The van der Waals surface area contributed by atoms with Gasteiger partial charge in [-0.15, -0.1) is 0 Å². The highest BCUT2D eigenvalue weighted by molar-refractivity contribution is 6.00. The van der Waals surface area contributed by atoms with E-state index in [1.807, 2.05) is 0 Å². The number of guanidine groups is 2. The highest BCUT2D eigenvalue weighted by Gasteiger charge is 2.42. The zero-order valence-corrected chi connectivity index (χ0v) is 46.2. The van der Waals surface area contributed by atoms with Crippen LogP contribution in [0.4, 0.5) is 0 Å². The Bertz CT molecular complexity index is 2580. The van der Waals surface area contributed by atoms with Crippen molar-refractivity contribution in [1.29, 1.82) is 0 Å². The molecule has 10 atom stereocenters. The summed E-state index contributed by atoms with van der Waals surface area (Å²) in [7, 11) is 0. The maximum absolute atomic E-state index is 14.7. The summed E-state index contributed by atoms with van der Waals surface area (Å²) in [4.78, 5) is 153. The molecule has 3 saturated heterocycles. The van der Waals surface area contributed by atoms with Crippen molar-refractivity contribution in [2.75, 3.05) is 26.2 Å². The summed E-state index contributed by atoms with van der Waals surface area (Å²) in [6.45, 7) is 8.01. The van der Waals surface area contributed by atoms with Gasteiger partial charge >= 0.3 is 0 Å². The van der Waals surface area contributed by atoms with E-state index in [4.69, 9.17) is 22.9 Å². The number of benzene rings is 2. The molecule has 80 heavy (non-hydrogen) atoms. The number of amides is 10. The summed E-state index contributed by atoms with van der Waals surface area (Å²) < 4.78 is 0. The molecule has 0 saturated carbocycles. The molecule has 26 nitrogen and oxygen atoms in total. The molecular formula is C54H80N16O10. The van der Waals surface area contributed by atoms with E-state index < -0.39 is 125 Å². The van der Waals surface area contributed by atoms with E-state index in [0.717, 1.165) is 0 Å². The summed E-state index contributed by atoms with van der Waals surface area (Å²) in [6, 6.07) is 5.41. The van der Waals surface area contributed by atoms with E-state index in [1.54, 1.807) is 74.5 Å². The van der Waals surface area contributed by atoms with E-state index in [-0.39, 0.29) is 89.5 Å². The molecule has 0 radical (unpaired) electrons. The van der Waals surface area contributed by atoms with Gasteiger partial charge in [0.05, 0.1) is 0 Å². The third kappa shape index (κ3) is 18.4. The third-order valence-electron chi connectivity index (χ3n) is 14.1. The lowest BCUT2D eigenvalue weighted by molar-refractivity contribution is -0.143. The Labute approximate surface area is 465 Å². The molecule has 26 heteroatoms. The first kappa shape index (κ1) is 62.5. The van der Waals surface area contributed by atoms with Crippen molar-refractivity contribution in [3.05, 3.63) is 71.8 Å². The largest absolute Gasteiger partial charge is 0.370 e. The van der Waals surface area contributed by atoms with Crippen molar-refractivity contribution < 1.29 is 47.9 Å². The maximum atomic E-state index is 14.7. The van der Waals surface area contributed by atoms with Gasteiger partial charge in [0.1, 0.15) is 60.4 Å². The fraction of sp³-hybridized carbons (Fsp3) is 0.556. The quantitative estimate of drug-likeness (QED) is 0.0547. The number of aliphatic imine (C=N–C) groups is 2. The SMILES string of the molecule is CC(C)[C@@H]1NC(=O)[C@@H]2CCCN2C(=O)[C@@H](Cc2ccccc2)NC(=O)[C@H](C)NC(=O)[C@H](CCCN=C(N)N)NC(=O)[C@H](C)NC(=O)[C@@H]2CCCN2C(=O)[C@@H](Cc2ccccc2)NC(=O)[C@H](C)NC(=O)[C@H](CCCN=C(N)N)NC1=O. The number of nitrogens with zero attached hydrogens (tertiary/aromatic N) is 4. The molecule has 5 rings (SSSR count). The number of carbonyl (C=O) groups excluding carboxylic acids is 10. The highest BCUT2D eigenvalue weighted by Crippen LogP contribution is 2.23. The van der Waals surface area contributed by atoms with E-state index in [0.29, 0.717) is 24.0 Å². The minimum Gasteiger partial charge on any atom is -0.370 e. The van der Waals surface area contributed by atoms with Crippen molar-refractivity contribution in [1.82, 2.24) is 52.3 Å². The summed E-state index contributed by atoms with van der Waals surface area (Å²) in [5.41, 5.74) is 23.5. The Morgan fingerprint density at radius 3 is 1.20 bits per heavy atom. The minimum absolute atomic E-state index is 0.00449. The lowest BCUT2D eigenvalue weighted by atomic mass is 10.0. The molecule has 0 unspecified atom stereocenters. The molecule has 3 heterocycles. The van der Waals surface area contributed by atoms with Crippen molar-refractivity contribution in [2.45, 2.75) is 159 Å². The first-order chi connectivity index (χ1) is 38.0. The topological polar surface area (TPSA) is 402 Å². The van der Waals surface area contributed by atoms with Crippen LogP contribution in [0.15, 0.2) is 70.6 Å². The fourth-order valence-electron chi connectivity index (χ4n) is 9.72. The highest BCUT2D eigenvalue weighted by atomic mass is 16.2. The van der Waals surface area contributed by atoms with Gasteiger partial charge in [-0.25, -0.2) is 0 Å². The van der Waals surface area contributed by atoms with Gasteiger partial charge in [-0.1, -0.05) is 74.5 Å². The Morgan fingerprint density at radius 1 is 0.475 bits per heavy atom. The van der Waals surface area contributed by atoms with Crippen molar-refractivity contribution in [2.24, 2.45) is 38.8 Å². The molecule has 3 aliphatic rings. The lowest BCUT2D eigenvalue weighted by Gasteiger charge is -2.32. The zero-order chi connectivity index (χ0) is 58.6. The van der Waals surface area contributed by atoms with Crippen LogP contribution in [0.5, 0.6) is 0 Å². The van der Waals surface area contributed by atoms with Gasteiger partial charge < -0.3 is 75.3 Å². The van der Waals surface area contributed by atoms with Crippen LogP contribution in [0, 0.1) is 5.92 Å². The molecule has 0 aliphatic carbocycles. The van der Waals surface area contributed by atoms with Gasteiger partial charge in [0, 0.05) is 39.0 Å². The molecule has 2 aromatic carbocycles. The van der Waals surface area contributed by atoms with Crippen LogP contribution in [0.2, 0.25) is 0 Å². The molecule has 10 amide bonds. The smallest absolute Gasteiger partial charge is 0.246 e. The van der Waals surface area contributed by atoms with Crippen LogP contribution in [0.1, 0.15) is 97.1 Å². The third-order valence-corrected chi connectivity index (χ3v) is 14.1. The van der Waals surface area contributed by atoms with Gasteiger partial charge in [0.15, 0.2) is 11.9 Å². The molecule has 3 aliphatic heterocycles. The predicted molar refractivity (Wildman–Crippen MR) is 297 cm³/mol. The maximum Gasteiger partial charge on any atom is 0.246 e. The Hall–Kier alpha value is -8.32. The van der Waals surface area contributed by atoms with E-state index >= 15 is 0 Å². The van der Waals surface area contributed by atoms with Crippen LogP contribution in [-0.4, -0.2) is 167 Å². The van der Waals surface area contributed by atoms with Gasteiger partial charge in [0.25, 0.3) is 0 Å². The molecule has 0 spiro atoms. The molecule has 436 valence electrons. The first-order valence-electron chi connectivity index (χ1n) is 27.3. The van der Waals surface area contributed by atoms with Gasteiger partial charge in [0.2, 0.25) is 59.1 Å². The number of fused-ring (bicyclic) bond motifs is 2. The number of hydrogen-bond acceptors (Lipinski definition) is 12. The Morgan fingerprint density at radius 2 is 0.825 bits per heavy atom. The second-order valence-electron chi connectivity index (χ2n) is 20.8. The number of nitrogens with one attached hydrogen (secondary N) is 8. The van der Waals surface area contributed by atoms with Crippen LogP contribution < -0.4 is 65.5 Å². The summed E-state index contributed by atoms with van der Waals surface area (Å²) in [6.07, 6.45) is 1.60. The van der Waals surface area contributed by atoms with Gasteiger partial charge in [-0.3, -0.25) is 57.9 Å². The predicted octanol–water partition coefficient (Wildman–Crippen LogP) is -2.83. The standard InChI is InChI=1S/C54H80N16O10/c1-30(2)42-50(78)65-37(21-13-25-60-54(57)58)47(75)62-32(4)45(73)66-38(28-34-16-8-6-9-17-34)51(79)69-26-14-22-40(69)48(76)63-33(5)43(71)64-36(20-12-24-59-53(55)56)46(74)61-31(3)44(72)67-39(29-35-18-10-7-11-19-35)52(80)70-27-15-23-41(70)49(77)68-42/h6-11,16-19,30-33,36-42H,12-15,20-29H2,1-5H3,(H,61,74)(H,62,75)(H,63,76)(H,64,71)(H,65,78)(H,66,73)(H,67,72)(H,68,77)(H4,55,56,59)(H4,57,58,60)/t31-,32-,33-,36-,37-,38+,39+,40-,41-,42-/m0/s1. The van der Waals surface area contributed by atoms with E-state index in [9.17, 15) is 47.9 Å². The van der Waals surface area contributed by atoms with Crippen LogP contribution in [0.25, 0.3) is 0 Å². The van der Waals surface area contributed by atoms with E-state index in [2.05, 4.69) is 52.5 Å². The van der Waals surface area contributed by atoms with Gasteiger partial charge in [-0.05, 0) is 89.2 Å². The van der Waals surface area contributed by atoms with Crippen molar-refractivity contribution in [3.8, 4) is 0 Å². The molecular weight excluding hydrogens is 1030 g/mol. The monoisotopic (exact) mass is 1110 g/mol. The molecule has 16 N–H and O–H groups in total. The van der Waals surface area contributed by atoms with Crippen LogP contribution in [-0.2, 0) is 60.8 Å². The Kier molecular flexibility index (Phi) is 23.6. The number of nitrogens with two attached hydrogens (primary N) is 4. The summed E-state index contributed by atoms with van der Waals surface area (Å²) in [5, 5.41) is 21.7. The molecule has 2 aromatic rings. The first-order valence-corrected chi connectivity index (χ1v) is 27.3. The summed E-state index contributed by atoms with van der Waals surface area (Å²) >= 11 is 0. The lowest BCUT2D eigenvalue weighted by Crippen LogP contribution is -2.61. The van der Waals surface area contributed by atoms with Gasteiger partial charge in [-0.2, -0.15) is 0 Å². The average molecular weight is 1110 g/mol. The van der Waals surface area contributed by atoms with E-state index in [1.165, 1.54) is 30.6 Å². The molecule has 0 aromatic heterocycles. The molecule has 3 fully saturated rings. The zero-order valence-electron chi connectivity index (χ0n) is 46.2. The molecule has 0 bridgehead atoms. The minimum atomic E-state index is -1.29. The second kappa shape index (κ2) is 30.2. The second-order valence-corrected chi connectivity index (χ2v) is 20.8. The van der Waals surface area contributed by atoms with Crippen molar-refractivity contribution >= 4 is 71.0 Å². The Balaban J connectivity index is 1.51. The van der Waals surface area contributed by atoms with Crippen molar-refractivity contribution in [3.63, 3.8) is 0 Å². The van der Waals surface area contributed by atoms with Crippen LogP contribution in [0.3, 0.4) is 0 Å². The number of rotatable bonds is 13. The van der Waals surface area contributed by atoms with Crippen LogP contribution >= 0.6 is 0 Å². The fourth-order valence-corrected chi connectivity index (χ4v) is 9.72. The normalized spacial score (nSPS) is 26.5.